The van der Waals surface area contributed by atoms with Crippen molar-refractivity contribution >= 4 is 33.4 Å². The van der Waals surface area contributed by atoms with E-state index in [2.05, 4.69) is 21.4 Å². The van der Waals surface area contributed by atoms with Crippen LogP contribution >= 0.6 is 27.5 Å². The molecule has 3 nitrogen and oxygen atoms in total. The smallest absolute Gasteiger partial charge is 0.268 e. The van der Waals surface area contributed by atoms with Crippen LogP contribution in [0, 0.1) is 0 Å². The van der Waals surface area contributed by atoms with E-state index in [-0.39, 0.29) is 5.91 Å². The van der Waals surface area contributed by atoms with E-state index in [0.717, 1.165) is 4.47 Å². The van der Waals surface area contributed by atoms with E-state index in [1.165, 1.54) is 0 Å². The maximum absolute atomic E-state index is 11.7. The predicted molar refractivity (Wildman–Crippen MR) is 67.5 cm³/mol. The van der Waals surface area contributed by atoms with Crippen molar-refractivity contribution in [3.63, 3.8) is 0 Å². The van der Waals surface area contributed by atoms with E-state index in [1.807, 2.05) is 20.8 Å². The first-order valence-corrected chi connectivity index (χ1v) is 5.90. The van der Waals surface area contributed by atoms with Crippen molar-refractivity contribution < 1.29 is 9.63 Å². The summed E-state index contributed by atoms with van der Waals surface area (Å²) in [4.78, 5) is 16.9. The SMILES string of the molecule is CC(C)(C)ONC(=O)c1cc(Br)ccc1Cl. The number of benzene rings is 1. The highest BCUT2D eigenvalue weighted by atomic mass is 79.9. The average Bonchev–Trinajstić information content (AvgIpc) is 2.17. The normalized spacial score (nSPS) is 11.3. The van der Waals surface area contributed by atoms with E-state index in [9.17, 15) is 4.79 Å². The Morgan fingerprint density at radius 2 is 2.06 bits per heavy atom. The van der Waals surface area contributed by atoms with Crippen LogP contribution in [0.2, 0.25) is 5.02 Å². The van der Waals surface area contributed by atoms with Crippen LogP contribution in [-0.2, 0) is 4.84 Å². The summed E-state index contributed by atoms with van der Waals surface area (Å²) in [6.07, 6.45) is 0. The van der Waals surface area contributed by atoms with Crippen molar-refractivity contribution in [1.29, 1.82) is 0 Å². The summed E-state index contributed by atoms with van der Waals surface area (Å²) in [5, 5.41) is 0.387. The van der Waals surface area contributed by atoms with Gasteiger partial charge in [-0.1, -0.05) is 27.5 Å². The highest BCUT2D eigenvalue weighted by molar-refractivity contribution is 9.10. The van der Waals surface area contributed by atoms with E-state index in [4.69, 9.17) is 16.4 Å². The maximum Gasteiger partial charge on any atom is 0.276 e. The van der Waals surface area contributed by atoms with Gasteiger partial charge in [-0.15, -0.1) is 0 Å². The van der Waals surface area contributed by atoms with Crippen LogP contribution in [0.25, 0.3) is 0 Å². The minimum absolute atomic E-state index is 0.360. The largest absolute Gasteiger partial charge is 0.276 e. The van der Waals surface area contributed by atoms with Gasteiger partial charge in [0.25, 0.3) is 5.91 Å². The van der Waals surface area contributed by atoms with Crippen LogP contribution in [0.1, 0.15) is 31.1 Å². The molecule has 0 heterocycles. The molecule has 0 unspecified atom stereocenters. The molecule has 0 aromatic heterocycles. The van der Waals surface area contributed by atoms with Crippen molar-refractivity contribution in [1.82, 2.24) is 5.48 Å². The Hall–Kier alpha value is -0.580. The summed E-state index contributed by atoms with van der Waals surface area (Å²) in [5.74, 6) is -0.360. The van der Waals surface area contributed by atoms with Crippen LogP contribution in [-0.4, -0.2) is 11.5 Å². The van der Waals surface area contributed by atoms with Crippen molar-refractivity contribution in [2.24, 2.45) is 0 Å². The van der Waals surface area contributed by atoms with Gasteiger partial charge in [0.1, 0.15) is 0 Å². The minimum atomic E-state index is -0.436. The molecule has 0 aliphatic heterocycles. The molecule has 1 aromatic rings. The predicted octanol–water partition coefficient (Wildman–Crippen LogP) is 3.56. The van der Waals surface area contributed by atoms with Gasteiger partial charge in [-0.3, -0.25) is 9.63 Å². The highest BCUT2D eigenvalue weighted by Crippen LogP contribution is 2.21. The van der Waals surface area contributed by atoms with Crippen LogP contribution in [0.5, 0.6) is 0 Å². The molecule has 0 radical (unpaired) electrons. The van der Waals surface area contributed by atoms with Gasteiger partial charge in [0.2, 0.25) is 0 Å². The lowest BCUT2D eigenvalue weighted by Crippen LogP contribution is -2.33. The fourth-order valence-corrected chi connectivity index (χ4v) is 1.49. The van der Waals surface area contributed by atoms with Crippen LogP contribution < -0.4 is 5.48 Å². The number of hydrogen-bond donors (Lipinski definition) is 1. The molecule has 0 bridgehead atoms. The third kappa shape index (κ3) is 4.12. The summed E-state index contributed by atoms with van der Waals surface area (Å²) < 4.78 is 0.790. The highest BCUT2D eigenvalue weighted by Gasteiger charge is 2.15. The number of rotatable bonds is 2. The van der Waals surface area contributed by atoms with Gasteiger partial charge in [-0.2, -0.15) is 0 Å². The molecule has 1 amide bonds. The van der Waals surface area contributed by atoms with Crippen molar-refractivity contribution in [2.45, 2.75) is 26.4 Å². The van der Waals surface area contributed by atoms with E-state index >= 15 is 0 Å². The first-order chi connectivity index (χ1) is 7.29. The summed E-state index contributed by atoms with van der Waals surface area (Å²) in [7, 11) is 0. The molecule has 1 N–H and O–H groups in total. The molecule has 0 spiro atoms. The van der Waals surface area contributed by atoms with Crippen LogP contribution in [0.4, 0.5) is 0 Å². The third-order valence-corrected chi connectivity index (χ3v) is 2.45. The molecule has 0 atom stereocenters. The summed E-state index contributed by atoms with van der Waals surface area (Å²) in [5.41, 5.74) is 2.30. The van der Waals surface area contributed by atoms with Gasteiger partial charge in [-0.05, 0) is 39.0 Å². The zero-order valence-corrected chi connectivity index (χ0v) is 11.6. The van der Waals surface area contributed by atoms with Crippen molar-refractivity contribution in [3.8, 4) is 0 Å². The molecular weight excluding hydrogens is 293 g/mol. The number of hydroxylamine groups is 1. The molecule has 0 fully saturated rings. The Morgan fingerprint density at radius 3 is 2.62 bits per heavy atom. The fraction of sp³-hybridized carbons (Fsp3) is 0.364. The van der Waals surface area contributed by atoms with Crippen molar-refractivity contribution in [3.05, 3.63) is 33.3 Å². The van der Waals surface area contributed by atoms with Crippen LogP contribution in [0.3, 0.4) is 0 Å². The van der Waals surface area contributed by atoms with Gasteiger partial charge in [0, 0.05) is 4.47 Å². The number of carbonyl (C=O) groups excluding carboxylic acids is 1. The Bertz CT molecular complexity index is 401. The molecule has 0 aliphatic carbocycles. The molecule has 1 rings (SSSR count). The zero-order valence-electron chi connectivity index (χ0n) is 9.30. The Morgan fingerprint density at radius 1 is 1.44 bits per heavy atom. The van der Waals surface area contributed by atoms with Crippen LogP contribution in [0.15, 0.2) is 22.7 Å². The standard InChI is InChI=1S/C11H13BrClNO2/c1-11(2,3)16-14-10(15)8-6-7(12)4-5-9(8)13/h4-6H,1-3H3,(H,14,15). The van der Waals surface area contributed by atoms with Gasteiger partial charge in [-0.25, -0.2) is 5.48 Å². The third-order valence-electron chi connectivity index (χ3n) is 1.62. The second-order valence-corrected chi connectivity index (χ2v) is 5.59. The Balaban J connectivity index is 2.77. The Kier molecular flexibility index (Phi) is 4.35. The molecule has 5 heteroatoms. The lowest BCUT2D eigenvalue weighted by Gasteiger charge is -2.19. The van der Waals surface area contributed by atoms with E-state index in [1.54, 1.807) is 18.2 Å². The monoisotopic (exact) mass is 305 g/mol. The first kappa shape index (κ1) is 13.5. The molecule has 0 saturated carbocycles. The van der Waals surface area contributed by atoms with E-state index in [0.29, 0.717) is 10.6 Å². The number of carbonyl (C=O) groups is 1. The topological polar surface area (TPSA) is 38.3 Å². The first-order valence-electron chi connectivity index (χ1n) is 4.73. The lowest BCUT2D eigenvalue weighted by atomic mass is 10.2. The molecule has 0 saturated heterocycles. The quantitative estimate of drug-likeness (QED) is 0.848. The van der Waals surface area contributed by atoms with Gasteiger partial charge in [0.05, 0.1) is 16.2 Å². The van der Waals surface area contributed by atoms with Gasteiger partial charge in [0.15, 0.2) is 0 Å². The molecule has 88 valence electrons. The van der Waals surface area contributed by atoms with Gasteiger partial charge < -0.3 is 0 Å². The second kappa shape index (κ2) is 5.17. The van der Waals surface area contributed by atoms with Crippen molar-refractivity contribution in [2.75, 3.05) is 0 Å². The molecule has 16 heavy (non-hydrogen) atoms. The number of halogens is 2. The number of nitrogens with one attached hydrogen (secondary N) is 1. The summed E-state index contributed by atoms with van der Waals surface area (Å²) in [6, 6.07) is 5.06. The number of amides is 1. The molecule has 1 aromatic carbocycles. The minimum Gasteiger partial charge on any atom is -0.268 e. The maximum atomic E-state index is 11.7. The average molecular weight is 307 g/mol. The van der Waals surface area contributed by atoms with Gasteiger partial charge >= 0.3 is 0 Å². The zero-order chi connectivity index (χ0) is 12.3. The second-order valence-electron chi connectivity index (χ2n) is 4.27. The summed E-state index contributed by atoms with van der Waals surface area (Å²) in [6.45, 7) is 5.53. The Labute approximate surface area is 108 Å². The molecule has 0 aliphatic rings. The number of hydrogen-bond acceptors (Lipinski definition) is 2. The lowest BCUT2D eigenvalue weighted by molar-refractivity contribution is -0.0589. The van der Waals surface area contributed by atoms with E-state index < -0.39 is 5.60 Å². The molecular formula is C11H13BrClNO2. The summed E-state index contributed by atoms with van der Waals surface area (Å²) >= 11 is 9.18. The fourth-order valence-electron chi connectivity index (χ4n) is 0.926.